The van der Waals surface area contributed by atoms with Crippen molar-refractivity contribution in [2.45, 2.75) is 20.4 Å². The van der Waals surface area contributed by atoms with Gasteiger partial charge in [-0.05, 0) is 5.92 Å². The van der Waals surface area contributed by atoms with Gasteiger partial charge in [-0.2, -0.15) is 5.10 Å². The number of anilines is 1. The smallest absolute Gasteiger partial charge is 0.287 e. The van der Waals surface area contributed by atoms with E-state index in [1.54, 1.807) is 6.20 Å². The minimum atomic E-state index is -0.273. The second-order valence-corrected chi connectivity index (χ2v) is 5.62. The summed E-state index contributed by atoms with van der Waals surface area (Å²) >= 11 is 9.20. The van der Waals surface area contributed by atoms with Crippen LogP contribution in [0.15, 0.2) is 22.1 Å². The van der Waals surface area contributed by atoms with Crippen LogP contribution in [0.4, 0.5) is 5.69 Å². The lowest BCUT2D eigenvalue weighted by Crippen LogP contribution is -2.26. The second kappa shape index (κ2) is 6.21. The molecular weight excluding hydrogens is 305 g/mol. The third kappa shape index (κ3) is 4.16. The standard InChI is InChI=1S/C11H15BrClN3O/c1-7(2)6-16-11(17)10(13)9(5-15-16)14-4-8(3)12/h5,7,14H,3-4,6H2,1-2H3. The van der Waals surface area contributed by atoms with Gasteiger partial charge in [0, 0.05) is 17.6 Å². The van der Waals surface area contributed by atoms with Crippen LogP contribution in [-0.2, 0) is 6.54 Å². The van der Waals surface area contributed by atoms with Crippen molar-refractivity contribution in [2.24, 2.45) is 5.92 Å². The number of nitrogens with one attached hydrogen (secondary N) is 1. The molecule has 0 atom stereocenters. The molecule has 94 valence electrons. The summed E-state index contributed by atoms with van der Waals surface area (Å²) in [6.07, 6.45) is 1.56. The van der Waals surface area contributed by atoms with Crippen molar-refractivity contribution >= 4 is 33.2 Å². The molecule has 6 heteroatoms. The minimum Gasteiger partial charge on any atom is -0.378 e. The highest BCUT2D eigenvalue weighted by molar-refractivity contribution is 9.11. The lowest BCUT2D eigenvalue weighted by atomic mass is 10.2. The lowest BCUT2D eigenvalue weighted by Gasteiger charge is -2.11. The van der Waals surface area contributed by atoms with E-state index in [2.05, 4.69) is 32.9 Å². The number of halogens is 2. The highest BCUT2D eigenvalue weighted by Gasteiger charge is 2.09. The molecule has 1 aromatic rings. The van der Waals surface area contributed by atoms with E-state index in [-0.39, 0.29) is 10.6 Å². The topological polar surface area (TPSA) is 46.9 Å². The number of nitrogens with zero attached hydrogens (tertiary/aromatic N) is 2. The molecule has 1 heterocycles. The zero-order valence-electron chi connectivity index (χ0n) is 9.83. The molecule has 4 nitrogen and oxygen atoms in total. The Bertz CT molecular complexity index is 470. The zero-order chi connectivity index (χ0) is 13.0. The second-order valence-electron chi connectivity index (χ2n) is 4.12. The highest BCUT2D eigenvalue weighted by atomic mass is 79.9. The van der Waals surface area contributed by atoms with Crippen LogP contribution in [0.3, 0.4) is 0 Å². The Balaban J connectivity index is 2.94. The summed E-state index contributed by atoms with van der Waals surface area (Å²) in [5.74, 6) is 0.345. The Morgan fingerprint density at radius 1 is 1.71 bits per heavy atom. The summed E-state index contributed by atoms with van der Waals surface area (Å²) < 4.78 is 2.15. The van der Waals surface area contributed by atoms with E-state index in [4.69, 9.17) is 11.6 Å². The summed E-state index contributed by atoms with van der Waals surface area (Å²) in [4.78, 5) is 11.9. The molecule has 0 bridgehead atoms. The molecule has 0 radical (unpaired) electrons. The van der Waals surface area contributed by atoms with Gasteiger partial charge < -0.3 is 5.32 Å². The van der Waals surface area contributed by atoms with Crippen LogP contribution < -0.4 is 10.9 Å². The molecular formula is C11H15BrClN3O. The molecule has 0 fully saturated rings. The molecule has 0 aromatic carbocycles. The van der Waals surface area contributed by atoms with Crippen molar-refractivity contribution in [1.82, 2.24) is 9.78 Å². The van der Waals surface area contributed by atoms with Crippen LogP contribution >= 0.6 is 27.5 Å². The Morgan fingerprint density at radius 3 is 2.88 bits per heavy atom. The van der Waals surface area contributed by atoms with Crippen LogP contribution in [0.25, 0.3) is 0 Å². The van der Waals surface area contributed by atoms with Crippen molar-refractivity contribution in [2.75, 3.05) is 11.9 Å². The normalized spacial score (nSPS) is 10.6. The first-order chi connectivity index (χ1) is 7.91. The van der Waals surface area contributed by atoms with Crippen molar-refractivity contribution in [1.29, 1.82) is 0 Å². The molecule has 1 N–H and O–H groups in total. The van der Waals surface area contributed by atoms with E-state index in [9.17, 15) is 4.79 Å². The largest absolute Gasteiger partial charge is 0.378 e. The molecule has 1 aromatic heterocycles. The fourth-order valence-corrected chi connectivity index (χ4v) is 1.61. The Labute approximate surface area is 114 Å². The first-order valence-electron chi connectivity index (χ1n) is 5.24. The van der Waals surface area contributed by atoms with E-state index >= 15 is 0 Å². The molecule has 0 saturated carbocycles. The Hall–Kier alpha value is -0.810. The van der Waals surface area contributed by atoms with Crippen molar-refractivity contribution in [3.8, 4) is 0 Å². The van der Waals surface area contributed by atoms with Crippen molar-refractivity contribution in [3.05, 3.63) is 32.6 Å². The SMILES string of the molecule is C=C(Br)CNc1cnn(CC(C)C)c(=O)c1Cl. The van der Waals surface area contributed by atoms with Gasteiger partial charge in [0.05, 0.1) is 11.9 Å². The van der Waals surface area contributed by atoms with Gasteiger partial charge in [-0.1, -0.05) is 48.0 Å². The predicted molar refractivity (Wildman–Crippen MR) is 74.9 cm³/mol. The summed E-state index contributed by atoms with van der Waals surface area (Å²) in [5.41, 5.74) is 0.253. The molecule has 0 aliphatic heterocycles. The Kier molecular flexibility index (Phi) is 5.21. The van der Waals surface area contributed by atoms with Crippen molar-refractivity contribution < 1.29 is 0 Å². The van der Waals surface area contributed by atoms with E-state index in [1.165, 1.54) is 4.68 Å². The zero-order valence-corrected chi connectivity index (χ0v) is 12.2. The first-order valence-corrected chi connectivity index (χ1v) is 6.41. The van der Waals surface area contributed by atoms with Crippen LogP contribution in [-0.4, -0.2) is 16.3 Å². The monoisotopic (exact) mass is 319 g/mol. The number of hydrogen-bond donors (Lipinski definition) is 1. The summed E-state index contributed by atoms with van der Waals surface area (Å²) in [5, 5.41) is 7.21. The fraction of sp³-hybridized carbons (Fsp3) is 0.455. The maximum Gasteiger partial charge on any atom is 0.287 e. The average molecular weight is 321 g/mol. The molecule has 1 rings (SSSR count). The van der Waals surface area contributed by atoms with Crippen molar-refractivity contribution in [3.63, 3.8) is 0 Å². The maximum atomic E-state index is 11.9. The van der Waals surface area contributed by atoms with E-state index in [0.717, 1.165) is 4.48 Å². The van der Waals surface area contributed by atoms with Gasteiger partial charge in [-0.3, -0.25) is 4.79 Å². The van der Waals surface area contributed by atoms with Crippen LogP contribution in [0.2, 0.25) is 5.02 Å². The van der Waals surface area contributed by atoms with Crippen LogP contribution in [0, 0.1) is 5.92 Å². The number of rotatable bonds is 5. The molecule has 0 aliphatic carbocycles. The van der Waals surface area contributed by atoms with Gasteiger partial charge in [-0.15, -0.1) is 0 Å². The number of aromatic nitrogens is 2. The predicted octanol–water partition coefficient (Wildman–Crippen LogP) is 2.87. The number of hydrogen-bond acceptors (Lipinski definition) is 3. The van der Waals surface area contributed by atoms with Gasteiger partial charge in [0.1, 0.15) is 5.02 Å². The quantitative estimate of drug-likeness (QED) is 0.907. The fourth-order valence-electron chi connectivity index (χ4n) is 1.26. The van der Waals surface area contributed by atoms with Gasteiger partial charge >= 0.3 is 0 Å². The van der Waals surface area contributed by atoms with E-state index < -0.39 is 0 Å². The van der Waals surface area contributed by atoms with Gasteiger partial charge in [0.25, 0.3) is 5.56 Å². The molecule has 0 spiro atoms. The van der Waals surface area contributed by atoms with E-state index in [1.807, 2.05) is 13.8 Å². The average Bonchev–Trinajstić information content (AvgIpc) is 2.23. The summed E-state index contributed by atoms with van der Waals surface area (Å²) in [6.45, 7) is 8.77. The highest BCUT2D eigenvalue weighted by Crippen LogP contribution is 2.16. The lowest BCUT2D eigenvalue weighted by molar-refractivity contribution is 0.464. The summed E-state index contributed by atoms with van der Waals surface area (Å²) in [6, 6.07) is 0. The Morgan fingerprint density at radius 2 is 2.35 bits per heavy atom. The van der Waals surface area contributed by atoms with Gasteiger partial charge in [0.15, 0.2) is 0 Å². The molecule has 17 heavy (non-hydrogen) atoms. The molecule has 0 amide bonds. The molecule has 0 saturated heterocycles. The maximum absolute atomic E-state index is 11.9. The molecule has 0 aliphatic rings. The molecule has 0 unspecified atom stereocenters. The third-order valence-electron chi connectivity index (χ3n) is 1.99. The third-order valence-corrected chi connectivity index (χ3v) is 2.64. The van der Waals surface area contributed by atoms with Crippen LogP contribution in [0.5, 0.6) is 0 Å². The van der Waals surface area contributed by atoms with E-state index in [0.29, 0.717) is 24.7 Å². The van der Waals surface area contributed by atoms with Crippen LogP contribution in [0.1, 0.15) is 13.8 Å². The minimum absolute atomic E-state index is 0.161. The first kappa shape index (κ1) is 14.3. The van der Waals surface area contributed by atoms with Gasteiger partial charge in [0.2, 0.25) is 0 Å². The summed E-state index contributed by atoms with van der Waals surface area (Å²) in [7, 11) is 0. The van der Waals surface area contributed by atoms with Gasteiger partial charge in [-0.25, -0.2) is 4.68 Å².